The lowest BCUT2D eigenvalue weighted by Crippen LogP contribution is -2.34. The Morgan fingerprint density at radius 1 is 1.23 bits per heavy atom. The van der Waals surface area contributed by atoms with Crippen LogP contribution in [0.5, 0.6) is 5.75 Å². The van der Waals surface area contributed by atoms with Gasteiger partial charge in [0.25, 0.3) is 0 Å². The lowest BCUT2D eigenvalue weighted by atomic mass is 9.92. The third-order valence-electron chi connectivity index (χ3n) is 4.73. The number of ether oxygens (including phenoxy) is 1. The number of aliphatic hydroxyl groups is 1. The summed E-state index contributed by atoms with van der Waals surface area (Å²) in [6.45, 7) is 4.21. The fourth-order valence-electron chi connectivity index (χ4n) is 3.24. The Morgan fingerprint density at radius 2 is 1.92 bits per heavy atom. The van der Waals surface area contributed by atoms with Crippen LogP contribution in [0.4, 0.5) is 4.79 Å². The zero-order chi connectivity index (χ0) is 18.8. The number of aliphatic hydroxyl groups excluding tert-OH is 1. The fourth-order valence-corrected chi connectivity index (χ4v) is 3.24. The molecule has 1 aliphatic rings. The Balaban J connectivity index is 1.64. The van der Waals surface area contributed by atoms with E-state index in [1.54, 1.807) is 24.3 Å². The van der Waals surface area contributed by atoms with E-state index in [9.17, 15) is 4.79 Å². The van der Waals surface area contributed by atoms with Crippen LogP contribution in [0.25, 0.3) is 0 Å². The normalized spacial score (nSPS) is 16.6. The van der Waals surface area contributed by atoms with Crippen molar-refractivity contribution in [3.63, 3.8) is 0 Å². The molecule has 0 unspecified atom stereocenters. The van der Waals surface area contributed by atoms with Gasteiger partial charge in [0.2, 0.25) is 0 Å². The SMILES string of the molecule is N/C(=N\C(=O)O)c1ccc(OCCCC2CCN(CCCO)CC2)cc1. The highest BCUT2D eigenvalue weighted by Crippen LogP contribution is 2.22. The number of carbonyl (C=O) groups is 1. The maximum Gasteiger partial charge on any atom is 0.433 e. The molecule has 0 saturated carbocycles. The van der Waals surface area contributed by atoms with Crippen LogP contribution in [0.3, 0.4) is 0 Å². The van der Waals surface area contributed by atoms with E-state index in [-0.39, 0.29) is 12.4 Å². The Labute approximate surface area is 154 Å². The third-order valence-corrected chi connectivity index (χ3v) is 4.73. The average Bonchev–Trinajstić information content (AvgIpc) is 2.64. The van der Waals surface area contributed by atoms with Gasteiger partial charge < -0.3 is 25.6 Å². The topological polar surface area (TPSA) is 108 Å². The summed E-state index contributed by atoms with van der Waals surface area (Å²) >= 11 is 0. The summed E-state index contributed by atoms with van der Waals surface area (Å²) in [5, 5.41) is 17.5. The van der Waals surface area contributed by atoms with Crippen LogP contribution in [-0.2, 0) is 0 Å². The summed E-state index contributed by atoms with van der Waals surface area (Å²) in [5.41, 5.74) is 6.16. The first-order chi connectivity index (χ1) is 12.6. The van der Waals surface area contributed by atoms with Crippen LogP contribution < -0.4 is 10.5 Å². The smallest absolute Gasteiger partial charge is 0.433 e. The van der Waals surface area contributed by atoms with E-state index in [4.69, 9.17) is 20.7 Å². The number of amides is 1. The fraction of sp³-hybridized carbons (Fsp3) is 0.579. The van der Waals surface area contributed by atoms with Gasteiger partial charge in [0.05, 0.1) is 6.61 Å². The van der Waals surface area contributed by atoms with Crippen molar-refractivity contribution >= 4 is 11.9 Å². The molecular formula is C19H29N3O4. The molecular weight excluding hydrogens is 334 g/mol. The Bertz CT molecular complexity index is 581. The second-order valence-electron chi connectivity index (χ2n) is 6.66. The summed E-state index contributed by atoms with van der Waals surface area (Å²) in [6, 6.07) is 6.97. The van der Waals surface area contributed by atoms with Crippen molar-refractivity contribution in [3.05, 3.63) is 29.8 Å². The van der Waals surface area contributed by atoms with Gasteiger partial charge in [-0.25, -0.2) is 4.79 Å². The summed E-state index contributed by atoms with van der Waals surface area (Å²) in [6.07, 6.45) is 4.20. The first kappa shape index (κ1) is 20.2. The van der Waals surface area contributed by atoms with Crippen LogP contribution in [0.15, 0.2) is 29.3 Å². The number of rotatable bonds is 9. The first-order valence-corrected chi connectivity index (χ1v) is 9.22. The van der Waals surface area contributed by atoms with Crippen LogP contribution >= 0.6 is 0 Å². The maximum absolute atomic E-state index is 10.5. The molecule has 26 heavy (non-hydrogen) atoms. The average molecular weight is 363 g/mol. The molecule has 1 aromatic rings. The minimum absolute atomic E-state index is 0.0191. The molecule has 144 valence electrons. The lowest BCUT2D eigenvalue weighted by molar-refractivity contribution is 0.158. The molecule has 4 N–H and O–H groups in total. The zero-order valence-corrected chi connectivity index (χ0v) is 15.1. The Morgan fingerprint density at radius 3 is 2.54 bits per heavy atom. The number of hydrogen-bond donors (Lipinski definition) is 3. The molecule has 0 radical (unpaired) electrons. The number of benzene rings is 1. The van der Waals surface area contributed by atoms with Crippen molar-refractivity contribution in [2.45, 2.75) is 32.1 Å². The predicted octanol–water partition coefficient (Wildman–Crippen LogP) is 2.32. The maximum atomic E-state index is 10.5. The molecule has 1 heterocycles. The van der Waals surface area contributed by atoms with E-state index in [1.807, 2.05) is 0 Å². The molecule has 0 atom stereocenters. The number of amidine groups is 1. The van der Waals surface area contributed by atoms with Gasteiger partial charge in [0.15, 0.2) is 0 Å². The second-order valence-corrected chi connectivity index (χ2v) is 6.66. The van der Waals surface area contributed by atoms with Gasteiger partial charge in [-0.15, -0.1) is 0 Å². The number of likely N-dealkylation sites (tertiary alicyclic amines) is 1. The van der Waals surface area contributed by atoms with Crippen molar-refractivity contribution in [2.24, 2.45) is 16.6 Å². The number of piperidine rings is 1. The molecule has 1 fully saturated rings. The molecule has 1 aliphatic heterocycles. The summed E-state index contributed by atoms with van der Waals surface area (Å²) < 4.78 is 5.75. The van der Waals surface area contributed by atoms with Crippen LogP contribution in [0.1, 0.15) is 37.7 Å². The predicted molar refractivity (Wildman–Crippen MR) is 101 cm³/mol. The number of aliphatic imine (C=N–C) groups is 1. The van der Waals surface area contributed by atoms with E-state index in [0.717, 1.165) is 44.1 Å². The summed E-state index contributed by atoms with van der Waals surface area (Å²) in [4.78, 5) is 16.2. The molecule has 0 aromatic heterocycles. The minimum Gasteiger partial charge on any atom is -0.494 e. The molecule has 1 aromatic carbocycles. The quantitative estimate of drug-likeness (QED) is 0.353. The van der Waals surface area contributed by atoms with E-state index >= 15 is 0 Å². The highest BCUT2D eigenvalue weighted by atomic mass is 16.5. The van der Waals surface area contributed by atoms with E-state index in [0.29, 0.717) is 12.2 Å². The number of nitrogens with two attached hydrogens (primary N) is 1. The van der Waals surface area contributed by atoms with Gasteiger partial charge in [-0.05, 0) is 75.4 Å². The van der Waals surface area contributed by atoms with Gasteiger partial charge in [0, 0.05) is 18.7 Å². The largest absolute Gasteiger partial charge is 0.494 e. The van der Waals surface area contributed by atoms with Crippen molar-refractivity contribution in [1.82, 2.24) is 4.90 Å². The second kappa shape index (κ2) is 10.8. The Kier molecular flexibility index (Phi) is 8.37. The Hall–Kier alpha value is -2.12. The summed E-state index contributed by atoms with van der Waals surface area (Å²) in [7, 11) is 0. The number of carboxylic acid groups (broad SMARTS) is 1. The first-order valence-electron chi connectivity index (χ1n) is 9.22. The highest BCUT2D eigenvalue weighted by Gasteiger charge is 2.18. The van der Waals surface area contributed by atoms with E-state index in [2.05, 4.69) is 9.89 Å². The molecule has 0 spiro atoms. The minimum atomic E-state index is -1.30. The van der Waals surface area contributed by atoms with Gasteiger partial charge >= 0.3 is 6.09 Å². The molecule has 7 nitrogen and oxygen atoms in total. The number of hydrogen-bond acceptors (Lipinski definition) is 4. The van der Waals surface area contributed by atoms with Crippen molar-refractivity contribution < 1.29 is 19.7 Å². The zero-order valence-electron chi connectivity index (χ0n) is 15.1. The van der Waals surface area contributed by atoms with Gasteiger partial charge in [-0.3, -0.25) is 0 Å². The van der Waals surface area contributed by atoms with Gasteiger partial charge in [0.1, 0.15) is 11.6 Å². The molecule has 2 rings (SSSR count). The molecule has 7 heteroatoms. The van der Waals surface area contributed by atoms with Crippen LogP contribution in [-0.4, -0.2) is 59.9 Å². The van der Waals surface area contributed by atoms with Crippen molar-refractivity contribution in [3.8, 4) is 5.75 Å². The van der Waals surface area contributed by atoms with Crippen LogP contribution in [0.2, 0.25) is 0 Å². The molecule has 1 saturated heterocycles. The van der Waals surface area contributed by atoms with E-state index in [1.165, 1.54) is 19.3 Å². The third kappa shape index (κ3) is 7.01. The monoisotopic (exact) mass is 363 g/mol. The molecule has 1 amide bonds. The van der Waals surface area contributed by atoms with Gasteiger partial charge in [-0.2, -0.15) is 4.99 Å². The number of nitrogens with zero attached hydrogens (tertiary/aromatic N) is 2. The summed E-state index contributed by atoms with van der Waals surface area (Å²) in [5.74, 6) is 1.49. The van der Waals surface area contributed by atoms with E-state index < -0.39 is 6.09 Å². The van der Waals surface area contributed by atoms with Crippen molar-refractivity contribution in [1.29, 1.82) is 0 Å². The highest BCUT2D eigenvalue weighted by molar-refractivity contribution is 6.02. The lowest BCUT2D eigenvalue weighted by Gasteiger charge is -2.31. The standard InChI is InChI=1S/C19H29N3O4/c20-18(21-19(24)25)16-4-6-17(7-5-16)26-14-1-3-15-8-11-22(12-9-15)10-2-13-23/h4-7,15,23H,1-3,8-14H2,(H2,20,21)(H,24,25). The molecule has 0 aliphatic carbocycles. The van der Waals surface area contributed by atoms with Crippen molar-refractivity contribution in [2.75, 3.05) is 32.8 Å². The van der Waals surface area contributed by atoms with Gasteiger partial charge in [-0.1, -0.05) is 0 Å². The molecule has 0 bridgehead atoms. The van der Waals surface area contributed by atoms with Crippen LogP contribution in [0, 0.1) is 5.92 Å².